The van der Waals surface area contributed by atoms with Crippen LogP contribution in [-0.2, 0) is 6.54 Å². The zero-order valence-electron chi connectivity index (χ0n) is 9.45. The first-order valence-electron chi connectivity index (χ1n) is 5.37. The minimum atomic E-state index is 0.651. The highest BCUT2D eigenvalue weighted by molar-refractivity contribution is 9.10. The second-order valence-electron chi connectivity index (χ2n) is 3.78. The molecule has 0 saturated carbocycles. The fraction of sp³-hybridized carbons (Fsp3) is 0.0714. The first kappa shape index (κ1) is 12.9. The highest BCUT2D eigenvalue weighted by atomic mass is 79.9. The van der Waals surface area contributed by atoms with Crippen LogP contribution in [0.5, 0.6) is 0 Å². The summed E-state index contributed by atoms with van der Waals surface area (Å²) in [7, 11) is 0. The number of nitriles is 1. The van der Waals surface area contributed by atoms with Crippen molar-refractivity contribution in [2.24, 2.45) is 0 Å². The van der Waals surface area contributed by atoms with Crippen LogP contribution in [0.3, 0.4) is 0 Å². The van der Waals surface area contributed by atoms with E-state index in [1.54, 1.807) is 12.1 Å². The van der Waals surface area contributed by atoms with Crippen molar-refractivity contribution in [3.8, 4) is 6.07 Å². The van der Waals surface area contributed by atoms with Gasteiger partial charge in [-0.15, -0.1) is 0 Å². The molecule has 2 rings (SSSR count). The summed E-state index contributed by atoms with van der Waals surface area (Å²) in [5.41, 5.74) is 2.65. The zero-order valence-corrected chi connectivity index (χ0v) is 11.8. The Morgan fingerprint density at radius 3 is 2.50 bits per heavy atom. The summed E-state index contributed by atoms with van der Waals surface area (Å²) < 4.78 is 0.967. The molecule has 1 N–H and O–H groups in total. The minimum absolute atomic E-state index is 0.651. The molecule has 0 aromatic heterocycles. The van der Waals surface area contributed by atoms with Crippen LogP contribution < -0.4 is 5.32 Å². The molecule has 0 heterocycles. The molecule has 0 atom stereocenters. The number of hydrogen-bond donors (Lipinski definition) is 1. The van der Waals surface area contributed by atoms with Gasteiger partial charge in [0.05, 0.1) is 11.6 Å². The molecule has 18 heavy (non-hydrogen) atoms. The maximum Gasteiger partial charge on any atom is 0.0991 e. The molecule has 0 saturated heterocycles. The lowest BCUT2D eigenvalue weighted by Crippen LogP contribution is -1.99. The number of nitrogens with zero attached hydrogens (tertiary/aromatic N) is 1. The molecule has 0 aliphatic carbocycles. The summed E-state index contributed by atoms with van der Waals surface area (Å²) >= 11 is 9.50. The fourth-order valence-electron chi connectivity index (χ4n) is 1.52. The molecule has 2 aromatic carbocycles. The molecule has 0 aliphatic rings. The number of nitrogens with one attached hydrogen (secondary N) is 1. The Morgan fingerprint density at radius 2 is 1.89 bits per heavy atom. The lowest BCUT2D eigenvalue weighted by Gasteiger charge is -2.08. The molecule has 0 bridgehead atoms. The van der Waals surface area contributed by atoms with Gasteiger partial charge in [0.1, 0.15) is 0 Å². The van der Waals surface area contributed by atoms with Crippen LogP contribution in [0.2, 0.25) is 5.02 Å². The van der Waals surface area contributed by atoms with E-state index in [4.69, 9.17) is 16.9 Å². The average Bonchev–Trinajstić information content (AvgIpc) is 2.38. The minimum Gasteiger partial charge on any atom is -0.381 e. The number of halogens is 2. The van der Waals surface area contributed by atoms with Gasteiger partial charge in [0.25, 0.3) is 0 Å². The van der Waals surface area contributed by atoms with E-state index in [1.165, 1.54) is 0 Å². The van der Waals surface area contributed by atoms with Crippen LogP contribution in [0.25, 0.3) is 0 Å². The van der Waals surface area contributed by atoms with Crippen LogP contribution >= 0.6 is 27.5 Å². The molecule has 2 nitrogen and oxygen atoms in total. The molecule has 4 heteroatoms. The van der Waals surface area contributed by atoms with Gasteiger partial charge in [-0.1, -0.05) is 33.6 Å². The van der Waals surface area contributed by atoms with Crippen molar-refractivity contribution in [3.05, 3.63) is 63.1 Å². The first-order chi connectivity index (χ1) is 8.69. The largest absolute Gasteiger partial charge is 0.381 e. The smallest absolute Gasteiger partial charge is 0.0991 e. The van der Waals surface area contributed by atoms with E-state index in [-0.39, 0.29) is 0 Å². The van der Waals surface area contributed by atoms with Gasteiger partial charge in [-0.2, -0.15) is 5.26 Å². The normalized spacial score (nSPS) is 9.83. The van der Waals surface area contributed by atoms with Crippen molar-refractivity contribution < 1.29 is 0 Å². The van der Waals surface area contributed by atoms with Crippen molar-refractivity contribution in [2.75, 3.05) is 5.32 Å². The van der Waals surface area contributed by atoms with E-state index in [2.05, 4.69) is 27.3 Å². The SMILES string of the molecule is N#Cc1ccc(NCc2ccc(Br)cc2Cl)cc1. The molecular formula is C14H10BrClN2. The topological polar surface area (TPSA) is 35.8 Å². The predicted molar refractivity (Wildman–Crippen MR) is 77.6 cm³/mol. The second-order valence-corrected chi connectivity index (χ2v) is 5.10. The number of anilines is 1. The molecule has 2 aromatic rings. The molecule has 0 aliphatic heterocycles. The summed E-state index contributed by atoms with van der Waals surface area (Å²) in [5, 5.41) is 12.7. The van der Waals surface area contributed by atoms with Crippen LogP contribution in [0.15, 0.2) is 46.9 Å². The van der Waals surface area contributed by atoms with E-state index in [0.717, 1.165) is 20.7 Å². The van der Waals surface area contributed by atoms with Crippen LogP contribution in [0.1, 0.15) is 11.1 Å². The Hall–Kier alpha value is -1.50. The van der Waals surface area contributed by atoms with E-state index < -0.39 is 0 Å². The van der Waals surface area contributed by atoms with Crippen molar-refractivity contribution in [1.29, 1.82) is 5.26 Å². The Morgan fingerprint density at radius 1 is 1.17 bits per heavy atom. The molecule has 0 amide bonds. The molecule has 90 valence electrons. The van der Waals surface area contributed by atoms with Gasteiger partial charge < -0.3 is 5.32 Å². The Kier molecular flexibility index (Phi) is 4.24. The Labute approximate surface area is 119 Å². The van der Waals surface area contributed by atoms with Gasteiger partial charge in [0.15, 0.2) is 0 Å². The third kappa shape index (κ3) is 3.25. The van der Waals surface area contributed by atoms with E-state index in [9.17, 15) is 0 Å². The molecule has 0 radical (unpaired) electrons. The second kappa shape index (κ2) is 5.90. The van der Waals surface area contributed by atoms with Crippen molar-refractivity contribution >= 4 is 33.2 Å². The van der Waals surface area contributed by atoms with Crippen molar-refractivity contribution in [2.45, 2.75) is 6.54 Å². The number of rotatable bonds is 3. The standard InChI is InChI=1S/C14H10BrClN2/c15-12-4-3-11(14(16)7-12)9-18-13-5-1-10(8-17)2-6-13/h1-7,18H,9H2. The quantitative estimate of drug-likeness (QED) is 0.897. The summed E-state index contributed by atoms with van der Waals surface area (Å²) in [5.74, 6) is 0. The van der Waals surface area contributed by atoms with Crippen LogP contribution in [0, 0.1) is 11.3 Å². The summed E-state index contributed by atoms with van der Waals surface area (Å²) in [6.45, 7) is 0.651. The van der Waals surface area contributed by atoms with E-state index >= 15 is 0 Å². The summed E-state index contributed by atoms with van der Waals surface area (Å²) in [6, 6.07) is 15.2. The van der Waals surface area contributed by atoms with Gasteiger partial charge in [0, 0.05) is 21.7 Å². The van der Waals surface area contributed by atoms with E-state index in [0.29, 0.717) is 12.1 Å². The molecular weight excluding hydrogens is 312 g/mol. The van der Waals surface area contributed by atoms with E-state index in [1.807, 2.05) is 30.3 Å². The Balaban J connectivity index is 2.04. The molecule has 0 fully saturated rings. The Bertz CT molecular complexity index is 588. The monoisotopic (exact) mass is 320 g/mol. The lowest BCUT2D eigenvalue weighted by molar-refractivity contribution is 1.15. The van der Waals surface area contributed by atoms with Crippen molar-refractivity contribution in [3.63, 3.8) is 0 Å². The summed E-state index contributed by atoms with van der Waals surface area (Å²) in [4.78, 5) is 0. The third-order valence-electron chi connectivity index (χ3n) is 2.51. The van der Waals surface area contributed by atoms with Crippen molar-refractivity contribution in [1.82, 2.24) is 0 Å². The van der Waals surface area contributed by atoms with Crippen LogP contribution in [0.4, 0.5) is 5.69 Å². The van der Waals surface area contributed by atoms with Gasteiger partial charge in [-0.3, -0.25) is 0 Å². The predicted octanol–water partition coefficient (Wildman–Crippen LogP) is 4.59. The van der Waals surface area contributed by atoms with Gasteiger partial charge in [-0.05, 0) is 42.0 Å². The maximum absolute atomic E-state index is 8.71. The highest BCUT2D eigenvalue weighted by Crippen LogP contribution is 2.22. The lowest BCUT2D eigenvalue weighted by atomic mass is 10.2. The van der Waals surface area contributed by atoms with Gasteiger partial charge in [0.2, 0.25) is 0 Å². The first-order valence-corrected chi connectivity index (χ1v) is 6.54. The van der Waals surface area contributed by atoms with Crippen LogP contribution in [-0.4, -0.2) is 0 Å². The zero-order chi connectivity index (χ0) is 13.0. The number of hydrogen-bond acceptors (Lipinski definition) is 2. The maximum atomic E-state index is 8.71. The van der Waals surface area contributed by atoms with Gasteiger partial charge in [-0.25, -0.2) is 0 Å². The fourth-order valence-corrected chi connectivity index (χ4v) is 2.27. The highest BCUT2D eigenvalue weighted by Gasteiger charge is 2.01. The molecule has 0 unspecified atom stereocenters. The summed E-state index contributed by atoms with van der Waals surface area (Å²) in [6.07, 6.45) is 0. The third-order valence-corrected chi connectivity index (χ3v) is 3.36. The van der Waals surface area contributed by atoms with Gasteiger partial charge >= 0.3 is 0 Å². The molecule has 0 spiro atoms. The average molecular weight is 322 g/mol. The number of benzene rings is 2.